The largest absolute Gasteiger partial charge is 0.473 e. The van der Waals surface area contributed by atoms with Crippen LogP contribution in [0.15, 0.2) is 24.3 Å². The third kappa shape index (κ3) is 4.29. The van der Waals surface area contributed by atoms with Crippen molar-refractivity contribution in [2.45, 2.75) is 13.2 Å². The molecule has 16 heavy (non-hydrogen) atoms. The van der Waals surface area contributed by atoms with Gasteiger partial charge in [0.1, 0.15) is 5.75 Å². The summed E-state index contributed by atoms with van der Waals surface area (Å²) in [5.74, 6) is 0.467. The Kier molecular flexibility index (Phi) is 4.75. The van der Waals surface area contributed by atoms with Gasteiger partial charge in [-0.25, -0.2) is 0 Å². The van der Waals surface area contributed by atoms with E-state index in [1.807, 2.05) is 0 Å². The SMILES string of the molecule is COCC(N)Oc1cccc(NC(C)=O)c1. The molecule has 0 spiro atoms. The zero-order valence-corrected chi connectivity index (χ0v) is 9.40. The number of ether oxygens (including phenoxy) is 2. The lowest BCUT2D eigenvalue weighted by atomic mass is 10.3. The molecule has 0 aliphatic rings. The Morgan fingerprint density at radius 2 is 2.31 bits per heavy atom. The fourth-order valence-corrected chi connectivity index (χ4v) is 1.22. The van der Waals surface area contributed by atoms with E-state index in [9.17, 15) is 4.79 Å². The Bertz CT molecular complexity index is 355. The Morgan fingerprint density at radius 3 is 2.94 bits per heavy atom. The summed E-state index contributed by atoms with van der Waals surface area (Å²) in [6, 6.07) is 7.02. The average molecular weight is 224 g/mol. The van der Waals surface area contributed by atoms with E-state index in [2.05, 4.69) is 5.32 Å². The number of anilines is 1. The molecule has 0 saturated carbocycles. The third-order valence-corrected chi connectivity index (χ3v) is 1.77. The first-order valence-corrected chi connectivity index (χ1v) is 4.90. The van der Waals surface area contributed by atoms with Gasteiger partial charge in [-0.15, -0.1) is 0 Å². The molecular formula is C11H16N2O3. The summed E-state index contributed by atoms with van der Waals surface area (Å²) in [4.78, 5) is 10.9. The summed E-state index contributed by atoms with van der Waals surface area (Å²) in [6.45, 7) is 1.76. The summed E-state index contributed by atoms with van der Waals surface area (Å²) in [5, 5.41) is 2.66. The van der Waals surface area contributed by atoms with Crippen LogP contribution in [0.2, 0.25) is 0 Å². The van der Waals surface area contributed by atoms with Crippen molar-refractivity contribution in [1.29, 1.82) is 0 Å². The van der Waals surface area contributed by atoms with Crippen molar-refractivity contribution in [2.75, 3.05) is 19.0 Å². The minimum absolute atomic E-state index is 0.127. The number of carbonyl (C=O) groups excluding carboxylic acids is 1. The standard InChI is InChI=1S/C11H16N2O3/c1-8(14)13-9-4-3-5-10(6-9)16-11(12)7-15-2/h3-6,11H,7,12H2,1-2H3,(H,13,14). The zero-order chi connectivity index (χ0) is 12.0. The summed E-state index contributed by atoms with van der Waals surface area (Å²) in [7, 11) is 1.55. The molecule has 88 valence electrons. The van der Waals surface area contributed by atoms with Crippen LogP contribution < -0.4 is 15.8 Å². The highest BCUT2D eigenvalue weighted by Crippen LogP contribution is 2.17. The fourth-order valence-electron chi connectivity index (χ4n) is 1.22. The minimum Gasteiger partial charge on any atom is -0.473 e. The number of methoxy groups -OCH3 is 1. The number of nitrogens with two attached hydrogens (primary N) is 1. The van der Waals surface area contributed by atoms with Crippen LogP contribution in [0.1, 0.15) is 6.92 Å². The molecule has 1 atom stereocenters. The first-order chi connectivity index (χ1) is 7.61. The van der Waals surface area contributed by atoms with E-state index in [0.717, 1.165) is 0 Å². The van der Waals surface area contributed by atoms with E-state index in [1.54, 1.807) is 31.4 Å². The molecule has 0 heterocycles. The first kappa shape index (κ1) is 12.5. The molecule has 1 unspecified atom stereocenters. The number of amides is 1. The van der Waals surface area contributed by atoms with Crippen LogP contribution in [0.4, 0.5) is 5.69 Å². The maximum Gasteiger partial charge on any atom is 0.221 e. The van der Waals surface area contributed by atoms with Crippen LogP contribution in [0.3, 0.4) is 0 Å². The lowest BCUT2D eigenvalue weighted by Gasteiger charge is -2.14. The molecule has 5 nitrogen and oxygen atoms in total. The molecule has 0 aliphatic heterocycles. The predicted molar refractivity (Wildman–Crippen MR) is 61.2 cm³/mol. The van der Waals surface area contributed by atoms with Gasteiger partial charge in [0.2, 0.25) is 5.91 Å². The second-order valence-corrected chi connectivity index (χ2v) is 3.32. The highest BCUT2D eigenvalue weighted by atomic mass is 16.5. The van der Waals surface area contributed by atoms with Gasteiger partial charge >= 0.3 is 0 Å². The summed E-state index contributed by atoms with van der Waals surface area (Å²) >= 11 is 0. The fraction of sp³-hybridized carbons (Fsp3) is 0.364. The Hall–Kier alpha value is -1.59. The van der Waals surface area contributed by atoms with E-state index in [1.165, 1.54) is 6.92 Å². The van der Waals surface area contributed by atoms with Crippen LogP contribution in [0, 0.1) is 0 Å². The number of benzene rings is 1. The van der Waals surface area contributed by atoms with Gasteiger partial charge in [-0.2, -0.15) is 0 Å². The molecule has 0 fully saturated rings. The molecule has 3 N–H and O–H groups in total. The molecule has 5 heteroatoms. The van der Waals surface area contributed by atoms with Crippen molar-refractivity contribution in [3.63, 3.8) is 0 Å². The lowest BCUT2D eigenvalue weighted by molar-refractivity contribution is -0.114. The normalized spacial score (nSPS) is 11.9. The quantitative estimate of drug-likeness (QED) is 0.730. The predicted octanol–water partition coefficient (Wildman–Crippen LogP) is 0.955. The van der Waals surface area contributed by atoms with Gasteiger partial charge in [-0.3, -0.25) is 10.5 Å². The van der Waals surface area contributed by atoms with Crippen molar-refractivity contribution in [3.05, 3.63) is 24.3 Å². The van der Waals surface area contributed by atoms with Crippen molar-refractivity contribution in [1.82, 2.24) is 0 Å². The number of hydrogen-bond donors (Lipinski definition) is 2. The van der Waals surface area contributed by atoms with Crippen molar-refractivity contribution in [2.24, 2.45) is 5.73 Å². The van der Waals surface area contributed by atoms with Gasteiger partial charge < -0.3 is 14.8 Å². The molecule has 1 amide bonds. The van der Waals surface area contributed by atoms with Gasteiger partial charge in [-0.05, 0) is 12.1 Å². The average Bonchev–Trinajstić information content (AvgIpc) is 2.17. The Morgan fingerprint density at radius 1 is 1.56 bits per heavy atom. The molecule has 0 aromatic heterocycles. The summed E-state index contributed by atoms with van der Waals surface area (Å²) < 4.78 is 10.2. The third-order valence-electron chi connectivity index (χ3n) is 1.77. The van der Waals surface area contributed by atoms with Crippen LogP contribution in [0.25, 0.3) is 0 Å². The highest BCUT2D eigenvalue weighted by molar-refractivity contribution is 5.88. The van der Waals surface area contributed by atoms with Crippen molar-refractivity contribution >= 4 is 11.6 Å². The number of nitrogens with one attached hydrogen (secondary N) is 1. The molecule has 0 radical (unpaired) electrons. The van der Waals surface area contributed by atoms with E-state index < -0.39 is 6.23 Å². The molecule has 0 saturated heterocycles. The molecule has 1 aromatic rings. The second-order valence-electron chi connectivity index (χ2n) is 3.32. The Balaban J connectivity index is 2.63. The Labute approximate surface area is 94.5 Å². The number of carbonyl (C=O) groups is 1. The maximum atomic E-state index is 10.9. The molecular weight excluding hydrogens is 208 g/mol. The number of hydrogen-bond acceptors (Lipinski definition) is 4. The molecule has 1 rings (SSSR count). The topological polar surface area (TPSA) is 73.6 Å². The molecule has 0 bridgehead atoms. The monoisotopic (exact) mass is 224 g/mol. The maximum absolute atomic E-state index is 10.9. The van der Waals surface area contributed by atoms with Gasteiger partial charge in [0.25, 0.3) is 0 Å². The van der Waals surface area contributed by atoms with E-state index in [0.29, 0.717) is 18.0 Å². The minimum atomic E-state index is -0.516. The zero-order valence-electron chi connectivity index (χ0n) is 9.40. The second kappa shape index (κ2) is 6.09. The van der Waals surface area contributed by atoms with Crippen LogP contribution in [0.5, 0.6) is 5.75 Å². The van der Waals surface area contributed by atoms with Gasteiger partial charge in [0, 0.05) is 25.8 Å². The van der Waals surface area contributed by atoms with Gasteiger partial charge in [-0.1, -0.05) is 6.07 Å². The van der Waals surface area contributed by atoms with Crippen LogP contribution in [-0.4, -0.2) is 25.9 Å². The molecule has 1 aromatic carbocycles. The van der Waals surface area contributed by atoms with E-state index >= 15 is 0 Å². The van der Waals surface area contributed by atoms with E-state index in [4.69, 9.17) is 15.2 Å². The van der Waals surface area contributed by atoms with Crippen LogP contribution in [-0.2, 0) is 9.53 Å². The lowest BCUT2D eigenvalue weighted by Crippen LogP contribution is -2.31. The number of rotatable bonds is 5. The van der Waals surface area contributed by atoms with Gasteiger partial charge in [0.15, 0.2) is 6.23 Å². The molecule has 0 aliphatic carbocycles. The first-order valence-electron chi connectivity index (χ1n) is 4.90. The van der Waals surface area contributed by atoms with Gasteiger partial charge in [0.05, 0.1) is 6.61 Å². The van der Waals surface area contributed by atoms with E-state index in [-0.39, 0.29) is 5.91 Å². The highest BCUT2D eigenvalue weighted by Gasteiger charge is 2.04. The van der Waals surface area contributed by atoms with Crippen molar-refractivity contribution < 1.29 is 14.3 Å². The van der Waals surface area contributed by atoms with Crippen molar-refractivity contribution in [3.8, 4) is 5.75 Å². The summed E-state index contributed by atoms with van der Waals surface area (Å²) in [6.07, 6.45) is -0.516. The smallest absolute Gasteiger partial charge is 0.221 e. The summed E-state index contributed by atoms with van der Waals surface area (Å²) in [5.41, 5.74) is 6.31. The van der Waals surface area contributed by atoms with Crippen LogP contribution >= 0.6 is 0 Å².